The van der Waals surface area contributed by atoms with Crippen molar-refractivity contribution < 1.29 is 24.2 Å². The molecule has 0 radical (unpaired) electrons. The Hall–Kier alpha value is -1.14. The van der Waals surface area contributed by atoms with Crippen molar-refractivity contribution in [1.82, 2.24) is 4.90 Å². The summed E-state index contributed by atoms with van der Waals surface area (Å²) >= 11 is 0. The smallest absolute Gasteiger partial charge is 0.305 e. The molecule has 3 unspecified atom stereocenters. The van der Waals surface area contributed by atoms with E-state index < -0.39 is 5.97 Å². The van der Waals surface area contributed by atoms with Crippen LogP contribution in [0.1, 0.15) is 33.1 Å². The van der Waals surface area contributed by atoms with Crippen molar-refractivity contribution in [2.45, 2.75) is 51.4 Å². The molecule has 1 rings (SSSR count). The highest BCUT2D eigenvalue weighted by molar-refractivity contribution is 5.79. The molecule has 6 nitrogen and oxygen atoms in total. The van der Waals surface area contributed by atoms with Crippen molar-refractivity contribution in [3.63, 3.8) is 0 Å². The van der Waals surface area contributed by atoms with Gasteiger partial charge in [-0.25, -0.2) is 0 Å². The zero-order valence-corrected chi connectivity index (χ0v) is 11.8. The number of ether oxygens (including phenoxy) is 2. The molecule has 1 saturated heterocycles. The molecule has 3 atom stereocenters. The Labute approximate surface area is 113 Å². The van der Waals surface area contributed by atoms with Gasteiger partial charge in [0.05, 0.1) is 18.6 Å². The maximum atomic E-state index is 12.1. The van der Waals surface area contributed by atoms with Crippen LogP contribution >= 0.6 is 0 Å². The fraction of sp³-hybridized carbons (Fsp3) is 0.846. The summed E-state index contributed by atoms with van der Waals surface area (Å²) in [7, 11) is 1.58. The van der Waals surface area contributed by atoms with E-state index in [-0.39, 0.29) is 37.2 Å². The number of likely N-dealkylation sites (tertiary alicyclic amines) is 1. The molecule has 0 aromatic heterocycles. The minimum Gasteiger partial charge on any atom is -0.481 e. The number of hydrogen-bond acceptors (Lipinski definition) is 4. The van der Waals surface area contributed by atoms with Crippen LogP contribution in [0.2, 0.25) is 0 Å². The molecule has 0 bridgehead atoms. The van der Waals surface area contributed by atoms with Crippen molar-refractivity contribution in [2.24, 2.45) is 0 Å². The molecule has 0 aromatic rings. The van der Waals surface area contributed by atoms with Crippen molar-refractivity contribution >= 4 is 11.9 Å². The summed E-state index contributed by atoms with van der Waals surface area (Å²) in [6, 6.07) is -0.296. The minimum atomic E-state index is -0.901. The van der Waals surface area contributed by atoms with Crippen LogP contribution in [0.15, 0.2) is 0 Å². The van der Waals surface area contributed by atoms with E-state index in [1.165, 1.54) is 0 Å². The van der Waals surface area contributed by atoms with Crippen LogP contribution in [0.3, 0.4) is 0 Å². The van der Waals surface area contributed by atoms with E-state index >= 15 is 0 Å². The fourth-order valence-electron chi connectivity index (χ4n) is 2.16. The van der Waals surface area contributed by atoms with Crippen LogP contribution in [0.5, 0.6) is 0 Å². The van der Waals surface area contributed by atoms with Gasteiger partial charge in [-0.2, -0.15) is 0 Å². The molecule has 1 aliphatic heterocycles. The molecular weight excluding hydrogens is 250 g/mol. The Bertz CT molecular complexity index is 320. The third kappa shape index (κ3) is 4.80. The van der Waals surface area contributed by atoms with Gasteiger partial charge in [0.2, 0.25) is 5.91 Å². The number of nitrogens with zero attached hydrogens (tertiary/aromatic N) is 1. The number of methoxy groups -OCH3 is 1. The van der Waals surface area contributed by atoms with Crippen molar-refractivity contribution in [3.8, 4) is 0 Å². The predicted molar refractivity (Wildman–Crippen MR) is 68.9 cm³/mol. The number of carbonyl (C=O) groups is 2. The first kappa shape index (κ1) is 15.9. The third-order valence-electron chi connectivity index (χ3n) is 3.51. The Morgan fingerprint density at radius 1 is 1.47 bits per heavy atom. The van der Waals surface area contributed by atoms with Gasteiger partial charge in [-0.3, -0.25) is 9.59 Å². The Morgan fingerprint density at radius 3 is 2.68 bits per heavy atom. The van der Waals surface area contributed by atoms with Crippen LogP contribution in [0.4, 0.5) is 0 Å². The molecule has 1 N–H and O–H groups in total. The van der Waals surface area contributed by atoms with Gasteiger partial charge in [0, 0.05) is 19.7 Å². The molecule has 19 heavy (non-hydrogen) atoms. The monoisotopic (exact) mass is 273 g/mol. The van der Waals surface area contributed by atoms with Gasteiger partial charge in [0.1, 0.15) is 6.61 Å². The maximum absolute atomic E-state index is 12.1. The molecule has 1 fully saturated rings. The van der Waals surface area contributed by atoms with Gasteiger partial charge in [-0.1, -0.05) is 6.92 Å². The maximum Gasteiger partial charge on any atom is 0.305 e. The third-order valence-corrected chi connectivity index (χ3v) is 3.51. The van der Waals surface area contributed by atoms with Gasteiger partial charge in [0.15, 0.2) is 0 Å². The Balaban J connectivity index is 2.56. The highest BCUT2D eigenvalue weighted by Crippen LogP contribution is 2.22. The van der Waals surface area contributed by atoms with Crippen LogP contribution in [-0.2, 0) is 19.1 Å². The van der Waals surface area contributed by atoms with Crippen molar-refractivity contribution in [2.75, 3.05) is 20.3 Å². The lowest BCUT2D eigenvalue weighted by atomic mass is 10.1. The van der Waals surface area contributed by atoms with E-state index in [0.29, 0.717) is 13.0 Å². The summed E-state index contributed by atoms with van der Waals surface area (Å²) in [6.07, 6.45) is 1.30. The van der Waals surface area contributed by atoms with E-state index in [4.69, 9.17) is 14.6 Å². The van der Waals surface area contributed by atoms with Crippen LogP contribution < -0.4 is 0 Å². The first-order valence-electron chi connectivity index (χ1n) is 6.63. The summed E-state index contributed by atoms with van der Waals surface area (Å²) < 4.78 is 10.6. The quantitative estimate of drug-likeness (QED) is 0.745. The standard InChI is InChI=1S/C13H23NO5/c1-4-9(2)19-8-12(15)14-7-11(18-3)5-10(14)6-13(16)17/h9-11H,4-8H2,1-3H3,(H,16,17). The van der Waals surface area contributed by atoms with Crippen molar-refractivity contribution in [3.05, 3.63) is 0 Å². The van der Waals surface area contributed by atoms with Gasteiger partial charge < -0.3 is 19.5 Å². The molecule has 0 aromatic carbocycles. The van der Waals surface area contributed by atoms with Crippen LogP contribution in [-0.4, -0.2) is 60.4 Å². The summed E-state index contributed by atoms with van der Waals surface area (Å²) in [5, 5.41) is 8.88. The number of amides is 1. The fourth-order valence-corrected chi connectivity index (χ4v) is 2.16. The van der Waals surface area contributed by atoms with Gasteiger partial charge in [-0.15, -0.1) is 0 Å². The van der Waals surface area contributed by atoms with E-state index in [0.717, 1.165) is 6.42 Å². The van der Waals surface area contributed by atoms with Gasteiger partial charge in [-0.05, 0) is 19.8 Å². The first-order chi connectivity index (χ1) is 8.97. The summed E-state index contributed by atoms with van der Waals surface area (Å²) in [6.45, 7) is 4.34. The Kier molecular flexibility index (Phi) is 6.24. The average molecular weight is 273 g/mol. The SMILES string of the molecule is CCC(C)OCC(=O)N1CC(OC)CC1CC(=O)O. The van der Waals surface area contributed by atoms with E-state index in [1.807, 2.05) is 13.8 Å². The number of carboxylic acid groups (broad SMARTS) is 1. The van der Waals surface area contributed by atoms with E-state index in [9.17, 15) is 9.59 Å². The van der Waals surface area contributed by atoms with E-state index in [1.54, 1.807) is 12.0 Å². The lowest BCUT2D eigenvalue weighted by Gasteiger charge is -2.23. The number of hydrogen-bond donors (Lipinski definition) is 1. The van der Waals surface area contributed by atoms with Crippen molar-refractivity contribution in [1.29, 1.82) is 0 Å². The summed E-state index contributed by atoms with van der Waals surface area (Å²) in [5.41, 5.74) is 0. The second-order valence-corrected chi connectivity index (χ2v) is 4.92. The summed E-state index contributed by atoms with van der Waals surface area (Å²) in [5.74, 6) is -1.06. The topological polar surface area (TPSA) is 76.1 Å². The molecule has 1 amide bonds. The normalized spacial score (nSPS) is 24.5. The lowest BCUT2D eigenvalue weighted by Crippen LogP contribution is -2.40. The largest absolute Gasteiger partial charge is 0.481 e. The average Bonchev–Trinajstić information content (AvgIpc) is 2.77. The molecular formula is C13H23NO5. The second kappa shape index (κ2) is 7.45. The lowest BCUT2D eigenvalue weighted by molar-refractivity contribution is -0.142. The first-order valence-corrected chi connectivity index (χ1v) is 6.63. The van der Waals surface area contributed by atoms with Gasteiger partial charge in [0.25, 0.3) is 0 Å². The molecule has 1 heterocycles. The Morgan fingerprint density at radius 2 is 2.16 bits per heavy atom. The van der Waals surface area contributed by atoms with Gasteiger partial charge >= 0.3 is 5.97 Å². The van der Waals surface area contributed by atoms with E-state index in [2.05, 4.69) is 0 Å². The summed E-state index contributed by atoms with van der Waals surface area (Å²) in [4.78, 5) is 24.5. The molecule has 110 valence electrons. The minimum absolute atomic E-state index is 0.00155. The molecule has 0 spiro atoms. The molecule has 0 saturated carbocycles. The number of rotatable bonds is 7. The van der Waals surface area contributed by atoms with Crippen LogP contribution in [0, 0.1) is 0 Å². The zero-order chi connectivity index (χ0) is 14.4. The predicted octanol–water partition coefficient (Wildman–Crippen LogP) is 0.892. The number of carboxylic acids is 1. The van der Waals surface area contributed by atoms with Crippen LogP contribution in [0.25, 0.3) is 0 Å². The molecule has 1 aliphatic rings. The molecule has 6 heteroatoms. The number of aliphatic carboxylic acids is 1. The second-order valence-electron chi connectivity index (χ2n) is 4.92. The highest BCUT2D eigenvalue weighted by atomic mass is 16.5. The molecule has 0 aliphatic carbocycles. The number of carbonyl (C=O) groups excluding carboxylic acids is 1. The zero-order valence-electron chi connectivity index (χ0n) is 11.8. The highest BCUT2D eigenvalue weighted by Gasteiger charge is 2.36.